The van der Waals surface area contributed by atoms with Crippen LogP contribution in [0.1, 0.15) is 11.1 Å². The summed E-state index contributed by atoms with van der Waals surface area (Å²) in [7, 11) is 1.88. The molecule has 5 heteroatoms. The Bertz CT molecular complexity index is 650. The van der Waals surface area contributed by atoms with Gasteiger partial charge >= 0.3 is 0 Å². The predicted octanol–water partition coefficient (Wildman–Crippen LogP) is 2.57. The largest absolute Gasteiger partial charge is 0.491 e. The smallest absolute Gasteiger partial charge is 0.123 e. The minimum Gasteiger partial charge on any atom is -0.491 e. The third kappa shape index (κ3) is 5.70. The van der Waals surface area contributed by atoms with Crippen LogP contribution in [0.2, 0.25) is 0 Å². The second kappa shape index (κ2) is 8.28. The molecule has 0 aliphatic carbocycles. The molecule has 4 nitrogen and oxygen atoms in total. The summed E-state index contributed by atoms with van der Waals surface area (Å²) in [5.41, 5.74) is 1.55. The molecule has 1 atom stereocenters. The molecular formula is C18H19FN2O2. The summed E-state index contributed by atoms with van der Waals surface area (Å²) in [4.78, 5) is 1.94. The van der Waals surface area contributed by atoms with Gasteiger partial charge in [-0.2, -0.15) is 5.26 Å². The molecule has 1 unspecified atom stereocenters. The van der Waals surface area contributed by atoms with Crippen molar-refractivity contribution in [3.63, 3.8) is 0 Å². The average Bonchev–Trinajstić information content (AvgIpc) is 2.55. The molecule has 2 aromatic carbocycles. The molecule has 0 saturated carbocycles. The number of likely N-dealkylation sites (N-methyl/N-ethyl adjacent to an activating group) is 1. The number of nitrogens with zero attached hydrogens (tertiary/aromatic N) is 2. The lowest BCUT2D eigenvalue weighted by Crippen LogP contribution is -2.32. The van der Waals surface area contributed by atoms with E-state index in [4.69, 9.17) is 10.00 Å². The maximum Gasteiger partial charge on any atom is 0.123 e. The van der Waals surface area contributed by atoms with Gasteiger partial charge in [-0.1, -0.05) is 12.1 Å². The number of hydrogen-bond donors (Lipinski definition) is 1. The number of nitriles is 1. The Balaban J connectivity index is 1.76. The molecule has 0 fully saturated rings. The fourth-order valence-corrected chi connectivity index (χ4v) is 2.20. The van der Waals surface area contributed by atoms with Gasteiger partial charge in [-0.25, -0.2) is 4.39 Å². The molecule has 0 aromatic heterocycles. The highest BCUT2D eigenvalue weighted by Gasteiger charge is 2.10. The summed E-state index contributed by atoms with van der Waals surface area (Å²) < 4.78 is 18.4. The molecule has 1 N–H and O–H groups in total. The van der Waals surface area contributed by atoms with Gasteiger partial charge in [-0.3, -0.25) is 4.90 Å². The molecule has 2 rings (SSSR count). The van der Waals surface area contributed by atoms with Crippen LogP contribution < -0.4 is 4.74 Å². The molecule has 23 heavy (non-hydrogen) atoms. The van der Waals surface area contributed by atoms with Crippen molar-refractivity contribution in [2.45, 2.75) is 12.6 Å². The highest BCUT2D eigenvalue weighted by molar-refractivity contribution is 5.34. The molecule has 0 bridgehead atoms. The maximum atomic E-state index is 12.9. The van der Waals surface area contributed by atoms with E-state index in [2.05, 4.69) is 0 Å². The van der Waals surface area contributed by atoms with Crippen molar-refractivity contribution in [2.24, 2.45) is 0 Å². The summed E-state index contributed by atoms with van der Waals surface area (Å²) in [6.07, 6.45) is -0.643. The molecule has 0 spiro atoms. The van der Waals surface area contributed by atoms with Crippen molar-refractivity contribution in [1.82, 2.24) is 4.90 Å². The van der Waals surface area contributed by atoms with E-state index in [0.29, 0.717) is 24.4 Å². The van der Waals surface area contributed by atoms with Crippen LogP contribution in [0.25, 0.3) is 0 Å². The maximum absolute atomic E-state index is 12.9. The number of benzene rings is 2. The van der Waals surface area contributed by atoms with E-state index in [9.17, 15) is 9.50 Å². The summed E-state index contributed by atoms with van der Waals surface area (Å²) in [6.45, 7) is 1.22. The Hall–Kier alpha value is -2.42. The lowest BCUT2D eigenvalue weighted by molar-refractivity contribution is 0.0744. The van der Waals surface area contributed by atoms with Crippen molar-refractivity contribution < 1.29 is 14.2 Å². The predicted molar refractivity (Wildman–Crippen MR) is 85.4 cm³/mol. The van der Waals surface area contributed by atoms with Crippen LogP contribution in [-0.2, 0) is 6.54 Å². The van der Waals surface area contributed by atoms with E-state index in [1.165, 1.54) is 12.1 Å². The number of rotatable bonds is 7. The Morgan fingerprint density at radius 3 is 2.43 bits per heavy atom. The summed E-state index contributed by atoms with van der Waals surface area (Å²) in [6, 6.07) is 15.1. The zero-order valence-corrected chi connectivity index (χ0v) is 12.9. The molecule has 0 radical (unpaired) electrons. The van der Waals surface area contributed by atoms with Gasteiger partial charge in [0, 0.05) is 13.1 Å². The van der Waals surface area contributed by atoms with Gasteiger partial charge < -0.3 is 9.84 Å². The number of hydrogen-bond acceptors (Lipinski definition) is 4. The van der Waals surface area contributed by atoms with E-state index < -0.39 is 6.10 Å². The standard InChI is InChI=1S/C18H19FN2O2/c1-21(11-15-2-6-16(19)7-3-15)12-17(22)13-23-18-8-4-14(10-20)5-9-18/h2-9,17,22H,11-13H2,1H3. The van der Waals surface area contributed by atoms with E-state index in [0.717, 1.165) is 5.56 Å². The SMILES string of the molecule is CN(Cc1ccc(F)cc1)CC(O)COc1ccc(C#N)cc1. The summed E-state index contributed by atoms with van der Waals surface area (Å²) in [5.74, 6) is 0.358. The Labute approximate surface area is 135 Å². The lowest BCUT2D eigenvalue weighted by atomic mass is 10.2. The van der Waals surface area contributed by atoms with Crippen LogP contribution >= 0.6 is 0 Å². The van der Waals surface area contributed by atoms with E-state index >= 15 is 0 Å². The molecule has 0 heterocycles. The van der Waals surface area contributed by atoms with Crippen LogP contribution in [0.15, 0.2) is 48.5 Å². The van der Waals surface area contributed by atoms with Crippen LogP contribution in [0, 0.1) is 17.1 Å². The number of aliphatic hydroxyl groups excluding tert-OH is 1. The van der Waals surface area contributed by atoms with Gasteiger partial charge in [0.15, 0.2) is 0 Å². The van der Waals surface area contributed by atoms with Gasteiger partial charge in [-0.15, -0.1) is 0 Å². The summed E-state index contributed by atoms with van der Waals surface area (Å²) in [5, 5.41) is 18.7. The van der Waals surface area contributed by atoms with Gasteiger partial charge in [0.25, 0.3) is 0 Å². The lowest BCUT2D eigenvalue weighted by Gasteiger charge is -2.21. The van der Waals surface area contributed by atoms with Crippen molar-refractivity contribution in [1.29, 1.82) is 5.26 Å². The molecule has 120 valence electrons. The van der Waals surface area contributed by atoms with Crippen molar-refractivity contribution in [2.75, 3.05) is 20.2 Å². The average molecular weight is 314 g/mol. The number of aliphatic hydroxyl groups is 1. The Morgan fingerprint density at radius 2 is 1.83 bits per heavy atom. The molecule has 0 aliphatic rings. The first-order valence-electron chi connectivity index (χ1n) is 7.31. The molecule has 0 amide bonds. The second-order valence-electron chi connectivity index (χ2n) is 5.42. The van der Waals surface area contributed by atoms with E-state index in [1.54, 1.807) is 36.4 Å². The van der Waals surface area contributed by atoms with Gasteiger partial charge in [-0.05, 0) is 49.0 Å². The minimum atomic E-state index is -0.643. The van der Waals surface area contributed by atoms with Crippen LogP contribution in [0.5, 0.6) is 5.75 Å². The van der Waals surface area contributed by atoms with Crippen molar-refractivity contribution >= 4 is 0 Å². The molecule has 0 saturated heterocycles. The quantitative estimate of drug-likeness (QED) is 0.853. The molecule has 0 aliphatic heterocycles. The highest BCUT2D eigenvalue weighted by atomic mass is 19.1. The first-order chi connectivity index (χ1) is 11.1. The molecule has 2 aromatic rings. The Morgan fingerprint density at radius 1 is 1.17 bits per heavy atom. The van der Waals surface area contributed by atoms with Gasteiger partial charge in [0.05, 0.1) is 11.6 Å². The fraction of sp³-hybridized carbons (Fsp3) is 0.278. The van der Waals surface area contributed by atoms with Crippen LogP contribution in [0.3, 0.4) is 0 Å². The third-order valence-corrected chi connectivity index (χ3v) is 3.31. The van der Waals surface area contributed by atoms with E-state index in [1.807, 2.05) is 18.0 Å². The zero-order chi connectivity index (χ0) is 16.7. The van der Waals surface area contributed by atoms with Gasteiger partial charge in [0.2, 0.25) is 0 Å². The highest BCUT2D eigenvalue weighted by Crippen LogP contribution is 2.12. The molecular weight excluding hydrogens is 295 g/mol. The normalized spacial score (nSPS) is 12.0. The third-order valence-electron chi connectivity index (χ3n) is 3.31. The fourth-order valence-electron chi connectivity index (χ4n) is 2.20. The topological polar surface area (TPSA) is 56.5 Å². The minimum absolute atomic E-state index is 0.166. The monoisotopic (exact) mass is 314 g/mol. The van der Waals surface area contributed by atoms with E-state index in [-0.39, 0.29) is 12.4 Å². The zero-order valence-electron chi connectivity index (χ0n) is 12.9. The Kier molecular flexibility index (Phi) is 6.10. The second-order valence-corrected chi connectivity index (χ2v) is 5.42. The van der Waals surface area contributed by atoms with Crippen molar-refractivity contribution in [3.05, 3.63) is 65.5 Å². The van der Waals surface area contributed by atoms with Gasteiger partial charge in [0.1, 0.15) is 24.3 Å². The van der Waals surface area contributed by atoms with Crippen molar-refractivity contribution in [3.8, 4) is 11.8 Å². The first kappa shape index (κ1) is 16.9. The number of ether oxygens (including phenoxy) is 1. The van der Waals surface area contributed by atoms with Crippen LogP contribution in [0.4, 0.5) is 4.39 Å². The summed E-state index contributed by atoms with van der Waals surface area (Å²) >= 11 is 0. The first-order valence-corrected chi connectivity index (χ1v) is 7.31. The number of halogens is 1. The van der Waals surface area contributed by atoms with Crippen LogP contribution in [-0.4, -0.2) is 36.3 Å².